The molecule has 1 fully saturated rings. The molecule has 0 amide bonds. The van der Waals surface area contributed by atoms with Gasteiger partial charge >= 0.3 is 0 Å². The van der Waals surface area contributed by atoms with Crippen molar-refractivity contribution in [2.75, 3.05) is 0 Å². The first-order valence-electron chi connectivity index (χ1n) is 5.63. The Kier molecular flexibility index (Phi) is 3.11. The molecule has 0 bridgehead atoms. The number of benzene rings is 1. The molecule has 0 saturated heterocycles. The monoisotopic (exact) mass is 341 g/mol. The van der Waals surface area contributed by atoms with E-state index in [0.717, 1.165) is 5.56 Å². The van der Waals surface area contributed by atoms with E-state index in [2.05, 4.69) is 38.1 Å². The van der Waals surface area contributed by atoms with Crippen molar-refractivity contribution in [1.82, 2.24) is 15.5 Å². The van der Waals surface area contributed by atoms with Crippen molar-refractivity contribution in [2.45, 2.75) is 25.4 Å². The maximum absolute atomic E-state index is 5.60. The largest absolute Gasteiger partial charge is 0.419 e. The summed E-state index contributed by atoms with van der Waals surface area (Å²) in [5.74, 6) is 1.25. The molecule has 5 heteroatoms. The molecule has 0 radical (unpaired) electrons. The molecule has 2 aromatic rings. The first-order chi connectivity index (χ1) is 8.31. The van der Waals surface area contributed by atoms with Gasteiger partial charge in [0.1, 0.15) is 0 Å². The van der Waals surface area contributed by atoms with Crippen LogP contribution in [0.15, 0.2) is 28.7 Å². The number of aromatic nitrogens is 2. The van der Waals surface area contributed by atoms with Crippen LogP contribution in [0.1, 0.15) is 18.7 Å². The maximum atomic E-state index is 5.60. The minimum Gasteiger partial charge on any atom is -0.419 e. The Labute approximate surface area is 113 Å². The molecule has 1 aromatic heterocycles. The first-order valence-corrected chi connectivity index (χ1v) is 6.71. The summed E-state index contributed by atoms with van der Waals surface area (Å²) in [6.45, 7) is 0.669. The summed E-state index contributed by atoms with van der Waals surface area (Å²) in [6.07, 6.45) is 2.52. The number of halogens is 1. The third-order valence-electron chi connectivity index (χ3n) is 2.68. The van der Waals surface area contributed by atoms with Gasteiger partial charge in [0.05, 0.1) is 6.54 Å². The highest BCUT2D eigenvalue weighted by atomic mass is 127. The van der Waals surface area contributed by atoms with Crippen LogP contribution in [-0.2, 0) is 6.54 Å². The summed E-state index contributed by atoms with van der Waals surface area (Å²) >= 11 is 2.27. The number of hydrogen-bond acceptors (Lipinski definition) is 4. The standard InChI is InChI=1S/C12H12IN3O/c13-9-3-1-8(2-4-9)12-16-15-11(17-12)7-14-10-5-6-10/h1-4,10,14H,5-7H2. The Morgan fingerprint density at radius 2 is 2.00 bits per heavy atom. The molecule has 1 N–H and O–H groups in total. The van der Waals surface area contributed by atoms with Crippen molar-refractivity contribution in [3.8, 4) is 11.5 Å². The quantitative estimate of drug-likeness (QED) is 0.869. The van der Waals surface area contributed by atoms with E-state index in [0.29, 0.717) is 24.4 Å². The smallest absolute Gasteiger partial charge is 0.247 e. The van der Waals surface area contributed by atoms with Crippen LogP contribution in [-0.4, -0.2) is 16.2 Å². The summed E-state index contributed by atoms with van der Waals surface area (Å²) in [5, 5.41) is 11.4. The average molecular weight is 341 g/mol. The number of nitrogens with one attached hydrogen (secondary N) is 1. The van der Waals surface area contributed by atoms with Gasteiger partial charge in [0.2, 0.25) is 11.8 Å². The molecule has 1 aliphatic carbocycles. The molecule has 3 rings (SSSR count). The van der Waals surface area contributed by atoms with Crippen molar-refractivity contribution >= 4 is 22.6 Å². The first kappa shape index (κ1) is 11.2. The Bertz CT molecular complexity index is 505. The van der Waals surface area contributed by atoms with Gasteiger partial charge in [-0.1, -0.05) is 0 Å². The van der Waals surface area contributed by atoms with Gasteiger partial charge in [-0.15, -0.1) is 10.2 Å². The van der Waals surface area contributed by atoms with Crippen LogP contribution in [0.5, 0.6) is 0 Å². The van der Waals surface area contributed by atoms with Crippen LogP contribution in [0.2, 0.25) is 0 Å². The second kappa shape index (κ2) is 4.73. The summed E-state index contributed by atoms with van der Waals surface area (Å²) in [6, 6.07) is 8.70. The molecule has 17 heavy (non-hydrogen) atoms. The zero-order chi connectivity index (χ0) is 11.7. The summed E-state index contributed by atoms with van der Waals surface area (Å²) in [7, 11) is 0. The molecule has 1 aromatic carbocycles. The Balaban J connectivity index is 1.72. The van der Waals surface area contributed by atoms with E-state index in [1.807, 2.05) is 24.3 Å². The van der Waals surface area contributed by atoms with E-state index in [1.165, 1.54) is 16.4 Å². The van der Waals surface area contributed by atoms with E-state index in [1.54, 1.807) is 0 Å². The van der Waals surface area contributed by atoms with Crippen molar-refractivity contribution in [3.05, 3.63) is 33.7 Å². The number of rotatable bonds is 4. The van der Waals surface area contributed by atoms with Crippen molar-refractivity contribution in [3.63, 3.8) is 0 Å². The van der Waals surface area contributed by atoms with Gasteiger partial charge < -0.3 is 9.73 Å². The molecule has 0 aliphatic heterocycles. The normalized spacial score (nSPS) is 15.1. The van der Waals surface area contributed by atoms with Gasteiger partial charge in [-0.05, 0) is 59.7 Å². The fraction of sp³-hybridized carbons (Fsp3) is 0.333. The fourth-order valence-electron chi connectivity index (χ4n) is 1.55. The Morgan fingerprint density at radius 1 is 1.24 bits per heavy atom. The maximum Gasteiger partial charge on any atom is 0.247 e. The van der Waals surface area contributed by atoms with Crippen LogP contribution in [0, 0.1) is 3.57 Å². The van der Waals surface area contributed by atoms with Gasteiger partial charge in [0.25, 0.3) is 0 Å². The summed E-state index contributed by atoms with van der Waals surface area (Å²) in [4.78, 5) is 0. The number of nitrogens with zero attached hydrogens (tertiary/aromatic N) is 2. The SMILES string of the molecule is Ic1ccc(-c2nnc(CNC3CC3)o2)cc1. The van der Waals surface area contributed by atoms with Gasteiger partial charge in [0.15, 0.2) is 0 Å². The second-order valence-corrected chi connectivity index (χ2v) is 5.41. The van der Waals surface area contributed by atoms with Gasteiger partial charge in [-0.3, -0.25) is 0 Å². The molecule has 1 aliphatic rings. The third kappa shape index (κ3) is 2.84. The lowest BCUT2D eigenvalue weighted by molar-refractivity contribution is 0.476. The van der Waals surface area contributed by atoms with E-state index >= 15 is 0 Å². The van der Waals surface area contributed by atoms with E-state index in [9.17, 15) is 0 Å². The molecule has 0 unspecified atom stereocenters. The van der Waals surface area contributed by atoms with Crippen molar-refractivity contribution < 1.29 is 4.42 Å². The highest BCUT2D eigenvalue weighted by Crippen LogP contribution is 2.21. The highest BCUT2D eigenvalue weighted by molar-refractivity contribution is 14.1. The van der Waals surface area contributed by atoms with Crippen molar-refractivity contribution in [1.29, 1.82) is 0 Å². The second-order valence-electron chi connectivity index (χ2n) is 4.16. The molecule has 4 nitrogen and oxygen atoms in total. The van der Waals surface area contributed by atoms with Crippen LogP contribution < -0.4 is 5.32 Å². The van der Waals surface area contributed by atoms with Gasteiger partial charge in [-0.25, -0.2) is 0 Å². The minimum atomic E-state index is 0.592. The molecule has 88 valence electrons. The molecular weight excluding hydrogens is 329 g/mol. The molecule has 0 atom stereocenters. The topological polar surface area (TPSA) is 51.0 Å². The summed E-state index contributed by atoms with van der Waals surface area (Å²) in [5.41, 5.74) is 0.968. The summed E-state index contributed by atoms with van der Waals surface area (Å²) < 4.78 is 6.80. The lowest BCUT2D eigenvalue weighted by Crippen LogP contribution is -2.15. The molecule has 0 spiro atoms. The minimum absolute atomic E-state index is 0.592. The van der Waals surface area contributed by atoms with E-state index < -0.39 is 0 Å². The van der Waals surface area contributed by atoms with Crippen molar-refractivity contribution in [2.24, 2.45) is 0 Å². The van der Waals surface area contributed by atoms with E-state index in [4.69, 9.17) is 4.42 Å². The lowest BCUT2D eigenvalue weighted by Gasteiger charge is -1.96. The predicted octanol–water partition coefficient (Wildman–Crippen LogP) is 2.59. The van der Waals surface area contributed by atoms with Crippen LogP contribution >= 0.6 is 22.6 Å². The van der Waals surface area contributed by atoms with Gasteiger partial charge in [-0.2, -0.15) is 0 Å². The molecule has 1 heterocycles. The predicted molar refractivity (Wildman–Crippen MR) is 72.3 cm³/mol. The molecule has 1 saturated carbocycles. The Hall–Kier alpha value is -0.950. The number of hydrogen-bond donors (Lipinski definition) is 1. The van der Waals surface area contributed by atoms with E-state index in [-0.39, 0.29) is 0 Å². The average Bonchev–Trinajstić information content (AvgIpc) is 3.06. The fourth-order valence-corrected chi connectivity index (χ4v) is 1.91. The highest BCUT2D eigenvalue weighted by Gasteiger charge is 2.21. The lowest BCUT2D eigenvalue weighted by atomic mass is 10.2. The zero-order valence-corrected chi connectivity index (χ0v) is 11.3. The van der Waals surface area contributed by atoms with Gasteiger partial charge in [0, 0.05) is 15.2 Å². The molecular formula is C12H12IN3O. The van der Waals surface area contributed by atoms with Crippen LogP contribution in [0.4, 0.5) is 0 Å². The van der Waals surface area contributed by atoms with Crippen LogP contribution in [0.25, 0.3) is 11.5 Å². The van der Waals surface area contributed by atoms with Crippen LogP contribution in [0.3, 0.4) is 0 Å². The zero-order valence-electron chi connectivity index (χ0n) is 9.19. The Morgan fingerprint density at radius 3 is 2.71 bits per heavy atom. The third-order valence-corrected chi connectivity index (χ3v) is 3.40.